The number of halogens is 1. The number of anilines is 2. The molecule has 3 N–H and O–H groups in total. The minimum atomic E-state index is -0.444. The number of hydrogen-bond acceptors (Lipinski definition) is 2. The molecule has 4 heteroatoms. The normalized spacial score (nSPS) is 10.1. The van der Waals surface area contributed by atoms with Crippen molar-refractivity contribution in [2.45, 2.75) is 6.92 Å². The molecule has 0 aliphatic carbocycles. The summed E-state index contributed by atoms with van der Waals surface area (Å²) >= 11 is 0. The molecule has 0 heterocycles. The number of para-hydroxylation sites is 1. The Morgan fingerprint density at radius 1 is 1.22 bits per heavy atom. The van der Waals surface area contributed by atoms with Gasteiger partial charge in [0.2, 0.25) is 0 Å². The van der Waals surface area contributed by atoms with Gasteiger partial charge in [0, 0.05) is 5.56 Å². The van der Waals surface area contributed by atoms with Gasteiger partial charge in [0.1, 0.15) is 5.82 Å². The van der Waals surface area contributed by atoms with Crippen molar-refractivity contribution in [1.82, 2.24) is 0 Å². The molecule has 92 valence electrons. The highest BCUT2D eigenvalue weighted by Crippen LogP contribution is 2.23. The number of carbonyl (C=O) groups excluding carboxylic acids is 1. The van der Waals surface area contributed by atoms with Gasteiger partial charge in [-0.25, -0.2) is 4.39 Å². The number of nitrogens with two attached hydrogens (primary N) is 1. The highest BCUT2D eigenvalue weighted by atomic mass is 19.1. The van der Waals surface area contributed by atoms with Crippen LogP contribution < -0.4 is 11.1 Å². The molecule has 18 heavy (non-hydrogen) atoms. The standard InChI is InChI=1S/C14H13FN2O/c1-9-4-2-7-12(16)13(9)17-14(18)10-5-3-6-11(15)8-10/h2-8H,16H2,1H3,(H,17,18). The monoisotopic (exact) mass is 244 g/mol. The summed E-state index contributed by atoms with van der Waals surface area (Å²) in [6, 6.07) is 10.9. The van der Waals surface area contributed by atoms with Crippen molar-refractivity contribution in [2.24, 2.45) is 0 Å². The second kappa shape index (κ2) is 4.87. The van der Waals surface area contributed by atoms with Gasteiger partial charge in [0.15, 0.2) is 0 Å². The Balaban J connectivity index is 2.27. The molecular weight excluding hydrogens is 231 g/mol. The summed E-state index contributed by atoms with van der Waals surface area (Å²) in [5.74, 6) is -0.823. The van der Waals surface area contributed by atoms with Crippen molar-refractivity contribution in [3.8, 4) is 0 Å². The van der Waals surface area contributed by atoms with E-state index in [1.165, 1.54) is 18.2 Å². The predicted octanol–water partition coefficient (Wildman–Crippen LogP) is 2.97. The molecule has 0 atom stereocenters. The highest BCUT2D eigenvalue weighted by molar-refractivity contribution is 6.06. The minimum absolute atomic E-state index is 0.262. The van der Waals surface area contributed by atoms with Gasteiger partial charge >= 0.3 is 0 Å². The zero-order chi connectivity index (χ0) is 13.1. The van der Waals surface area contributed by atoms with Gasteiger partial charge in [-0.1, -0.05) is 18.2 Å². The number of nitrogens with one attached hydrogen (secondary N) is 1. The molecule has 0 bridgehead atoms. The molecule has 0 aliphatic heterocycles. The highest BCUT2D eigenvalue weighted by Gasteiger charge is 2.10. The number of amides is 1. The molecular formula is C14H13FN2O. The maximum atomic E-state index is 13.0. The van der Waals surface area contributed by atoms with Crippen LogP contribution in [-0.4, -0.2) is 5.91 Å². The number of hydrogen-bond donors (Lipinski definition) is 2. The van der Waals surface area contributed by atoms with E-state index in [-0.39, 0.29) is 11.5 Å². The number of aryl methyl sites for hydroxylation is 1. The molecule has 2 rings (SSSR count). The summed E-state index contributed by atoms with van der Waals surface area (Å²) in [5.41, 5.74) is 7.96. The van der Waals surface area contributed by atoms with Crippen LogP contribution in [0.1, 0.15) is 15.9 Å². The molecule has 0 saturated heterocycles. The summed E-state index contributed by atoms with van der Waals surface area (Å²) in [7, 11) is 0. The molecule has 0 spiro atoms. The molecule has 0 aromatic heterocycles. The quantitative estimate of drug-likeness (QED) is 0.798. The van der Waals surface area contributed by atoms with Crippen molar-refractivity contribution < 1.29 is 9.18 Å². The first-order valence-corrected chi connectivity index (χ1v) is 5.50. The van der Waals surface area contributed by atoms with Crippen molar-refractivity contribution in [3.63, 3.8) is 0 Å². The first-order valence-electron chi connectivity index (χ1n) is 5.50. The maximum absolute atomic E-state index is 13.0. The van der Waals surface area contributed by atoms with Crippen LogP contribution in [0.3, 0.4) is 0 Å². The van der Waals surface area contributed by atoms with Crippen LogP contribution in [0.4, 0.5) is 15.8 Å². The van der Waals surface area contributed by atoms with E-state index in [9.17, 15) is 9.18 Å². The summed E-state index contributed by atoms with van der Waals surface area (Å²) in [6.45, 7) is 1.84. The van der Waals surface area contributed by atoms with Gasteiger partial charge in [0.05, 0.1) is 11.4 Å². The van der Waals surface area contributed by atoms with Crippen LogP contribution in [0, 0.1) is 12.7 Å². The van der Waals surface area contributed by atoms with E-state index in [1.54, 1.807) is 12.1 Å². The Kier molecular flexibility index (Phi) is 3.28. The average Bonchev–Trinajstić information content (AvgIpc) is 2.34. The molecule has 0 aliphatic rings. The van der Waals surface area contributed by atoms with E-state index in [2.05, 4.69) is 5.32 Å². The molecule has 2 aromatic rings. The molecule has 2 aromatic carbocycles. The maximum Gasteiger partial charge on any atom is 0.255 e. The molecule has 0 fully saturated rings. The lowest BCUT2D eigenvalue weighted by molar-refractivity contribution is 0.102. The number of benzene rings is 2. The van der Waals surface area contributed by atoms with Gasteiger partial charge in [-0.05, 0) is 36.8 Å². The fourth-order valence-corrected chi connectivity index (χ4v) is 1.68. The SMILES string of the molecule is Cc1cccc(N)c1NC(=O)c1cccc(F)c1. The second-order valence-corrected chi connectivity index (χ2v) is 4.00. The van der Waals surface area contributed by atoms with Gasteiger partial charge in [-0.15, -0.1) is 0 Å². The third-order valence-corrected chi connectivity index (χ3v) is 2.63. The van der Waals surface area contributed by atoms with E-state index >= 15 is 0 Å². The summed E-state index contributed by atoms with van der Waals surface area (Å²) in [6.07, 6.45) is 0. The van der Waals surface area contributed by atoms with Crippen LogP contribution in [-0.2, 0) is 0 Å². The van der Waals surface area contributed by atoms with Gasteiger partial charge in [0.25, 0.3) is 5.91 Å². The molecule has 1 amide bonds. The summed E-state index contributed by atoms with van der Waals surface area (Å²) in [5, 5.41) is 2.69. The number of carbonyl (C=O) groups is 1. The van der Waals surface area contributed by atoms with Crippen LogP contribution >= 0.6 is 0 Å². The smallest absolute Gasteiger partial charge is 0.255 e. The van der Waals surface area contributed by atoms with E-state index in [1.807, 2.05) is 19.1 Å². The van der Waals surface area contributed by atoms with Gasteiger partial charge < -0.3 is 11.1 Å². The van der Waals surface area contributed by atoms with Crippen molar-refractivity contribution in [1.29, 1.82) is 0 Å². The fourth-order valence-electron chi connectivity index (χ4n) is 1.68. The summed E-state index contributed by atoms with van der Waals surface area (Å²) in [4.78, 5) is 11.9. The zero-order valence-electron chi connectivity index (χ0n) is 9.91. The lowest BCUT2D eigenvalue weighted by Crippen LogP contribution is -2.14. The Hall–Kier alpha value is -2.36. The van der Waals surface area contributed by atoms with Crippen LogP contribution in [0.2, 0.25) is 0 Å². The Morgan fingerprint density at radius 3 is 2.61 bits per heavy atom. The number of rotatable bonds is 2. The molecule has 3 nitrogen and oxygen atoms in total. The second-order valence-electron chi connectivity index (χ2n) is 4.00. The lowest BCUT2D eigenvalue weighted by atomic mass is 10.1. The Morgan fingerprint density at radius 2 is 1.94 bits per heavy atom. The predicted molar refractivity (Wildman–Crippen MR) is 69.9 cm³/mol. The van der Waals surface area contributed by atoms with Crippen molar-refractivity contribution >= 4 is 17.3 Å². The van der Waals surface area contributed by atoms with Crippen molar-refractivity contribution in [3.05, 3.63) is 59.4 Å². The molecule has 0 saturated carbocycles. The third-order valence-electron chi connectivity index (χ3n) is 2.63. The van der Waals surface area contributed by atoms with Crippen LogP contribution in [0.5, 0.6) is 0 Å². The van der Waals surface area contributed by atoms with Crippen LogP contribution in [0.15, 0.2) is 42.5 Å². The zero-order valence-corrected chi connectivity index (χ0v) is 9.91. The van der Waals surface area contributed by atoms with E-state index < -0.39 is 5.82 Å². The topological polar surface area (TPSA) is 55.1 Å². The van der Waals surface area contributed by atoms with E-state index in [0.717, 1.165) is 5.56 Å². The van der Waals surface area contributed by atoms with Crippen LogP contribution in [0.25, 0.3) is 0 Å². The first kappa shape index (κ1) is 12.1. The Bertz CT molecular complexity index is 576. The van der Waals surface area contributed by atoms with Gasteiger partial charge in [-0.3, -0.25) is 4.79 Å². The van der Waals surface area contributed by atoms with E-state index in [0.29, 0.717) is 11.4 Å². The average molecular weight is 244 g/mol. The first-order chi connectivity index (χ1) is 8.58. The largest absolute Gasteiger partial charge is 0.397 e. The minimum Gasteiger partial charge on any atom is -0.397 e. The van der Waals surface area contributed by atoms with E-state index in [4.69, 9.17) is 5.73 Å². The molecule has 0 unspecified atom stereocenters. The van der Waals surface area contributed by atoms with Crippen molar-refractivity contribution in [2.75, 3.05) is 11.1 Å². The fraction of sp³-hybridized carbons (Fsp3) is 0.0714. The lowest BCUT2D eigenvalue weighted by Gasteiger charge is -2.11. The molecule has 0 radical (unpaired) electrons. The Labute approximate surface area is 104 Å². The third kappa shape index (κ3) is 2.48. The number of nitrogen functional groups attached to an aromatic ring is 1. The van der Waals surface area contributed by atoms with Gasteiger partial charge in [-0.2, -0.15) is 0 Å². The summed E-state index contributed by atoms with van der Waals surface area (Å²) < 4.78 is 13.0.